The Labute approximate surface area is 176 Å². The minimum Gasteiger partial charge on any atom is -0.491 e. The number of esters is 1. The first-order valence-electron chi connectivity index (χ1n) is 10.0. The number of nitrogens with zero attached hydrogens (tertiary/aromatic N) is 1. The largest absolute Gasteiger partial charge is 0.491 e. The van der Waals surface area contributed by atoms with Gasteiger partial charge in [-0.25, -0.2) is 4.79 Å². The number of benzene rings is 2. The van der Waals surface area contributed by atoms with Gasteiger partial charge in [0.05, 0.1) is 29.9 Å². The van der Waals surface area contributed by atoms with E-state index < -0.39 is 11.9 Å². The number of anilines is 2. The number of ether oxygens (including phenoxy) is 2. The summed E-state index contributed by atoms with van der Waals surface area (Å²) in [6.45, 7) is 6.13. The van der Waals surface area contributed by atoms with Crippen LogP contribution in [0.5, 0.6) is 5.75 Å². The molecule has 0 bridgehead atoms. The Morgan fingerprint density at radius 2 is 1.83 bits per heavy atom. The molecule has 0 radical (unpaired) electrons. The summed E-state index contributed by atoms with van der Waals surface area (Å²) in [5.41, 5.74) is 1.38. The van der Waals surface area contributed by atoms with Gasteiger partial charge < -0.3 is 19.7 Å². The number of rotatable bonds is 7. The summed E-state index contributed by atoms with van der Waals surface area (Å²) in [4.78, 5) is 39.0. The van der Waals surface area contributed by atoms with E-state index in [9.17, 15) is 14.4 Å². The second kappa shape index (κ2) is 9.43. The van der Waals surface area contributed by atoms with Crippen LogP contribution in [-0.4, -0.2) is 37.0 Å². The zero-order valence-corrected chi connectivity index (χ0v) is 17.4. The summed E-state index contributed by atoms with van der Waals surface area (Å²) < 4.78 is 10.7. The minimum absolute atomic E-state index is 0.0647. The van der Waals surface area contributed by atoms with Crippen LogP contribution in [0.4, 0.5) is 11.4 Å². The highest BCUT2D eigenvalue weighted by Gasteiger charge is 2.35. The molecular weight excluding hydrogens is 384 g/mol. The normalized spacial score (nSPS) is 15.9. The van der Waals surface area contributed by atoms with Gasteiger partial charge in [-0.3, -0.25) is 9.59 Å². The Morgan fingerprint density at radius 1 is 1.13 bits per heavy atom. The lowest BCUT2D eigenvalue weighted by Crippen LogP contribution is -2.28. The monoisotopic (exact) mass is 410 g/mol. The topological polar surface area (TPSA) is 84.9 Å². The molecule has 1 saturated heterocycles. The number of para-hydroxylation sites is 1. The fourth-order valence-corrected chi connectivity index (χ4v) is 3.32. The fourth-order valence-electron chi connectivity index (χ4n) is 3.32. The Bertz CT molecular complexity index is 923. The van der Waals surface area contributed by atoms with Crippen molar-refractivity contribution in [3.63, 3.8) is 0 Å². The van der Waals surface area contributed by atoms with Gasteiger partial charge in [0.25, 0.3) is 0 Å². The molecule has 1 aliphatic heterocycles. The molecule has 0 spiro atoms. The summed E-state index contributed by atoms with van der Waals surface area (Å²) in [7, 11) is 0. The smallest absolute Gasteiger partial charge is 0.340 e. The van der Waals surface area contributed by atoms with E-state index in [4.69, 9.17) is 9.47 Å². The van der Waals surface area contributed by atoms with Gasteiger partial charge in [0.1, 0.15) is 5.75 Å². The van der Waals surface area contributed by atoms with Crippen LogP contribution in [0.25, 0.3) is 0 Å². The van der Waals surface area contributed by atoms with Gasteiger partial charge in [-0.1, -0.05) is 12.1 Å². The second-order valence-corrected chi connectivity index (χ2v) is 7.32. The Balaban J connectivity index is 1.68. The summed E-state index contributed by atoms with van der Waals surface area (Å²) in [5, 5.41) is 2.78. The summed E-state index contributed by atoms with van der Waals surface area (Å²) in [6, 6.07) is 13.9. The van der Waals surface area contributed by atoms with Crippen molar-refractivity contribution in [1.82, 2.24) is 0 Å². The number of hydrogen-bond acceptors (Lipinski definition) is 5. The molecule has 1 atom stereocenters. The van der Waals surface area contributed by atoms with Crippen LogP contribution in [0.3, 0.4) is 0 Å². The Hall–Kier alpha value is -3.35. The maximum absolute atomic E-state index is 12.8. The number of carbonyl (C=O) groups excluding carboxylic acids is 3. The number of amides is 2. The van der Waals surface area contributed by atoms with Crippen molar-refractivity contribution < 1.29 is 23.9 Å². The maximum Gasteiger partial charge on any atom is 0.340 e. The van der Waals surface area contributed by atoms with Crippen LogP contribution < -0.4 is 15.0 Å². The van der Waals surface area contributed by atoms with Crippen molar-refractivity contribution >= 4 is 29.2 Å². The molecular formula is C23H26N2O5. The molecule has 1 heterocycles. The molecule has 2 aromatic carbocycles. The highest BCUT2D eigenvalue weighted by Crippen LogP contribution is 2.28. The molecule has 0 aromatic heterocycles. The third-order valence-electron chi connectivity index (χ3n) is 4.70. The van der Waals surface area contributed by atoms with E-state index >= 15 is 0 Å². The highest BCUT2D eigenvalue weighted by molar-refractivity contribution is 6.06. The SMILES string of the molecule is CCOC(=O)c1ccccc1NC(=O)[C@H]1CC(=O)N(c2ccc(OC(C)C)cc2)C1. The molecule has 0 unspecified atom stereocenters. The first-order chi connectivity index (χ1) is 14.4. The summed E-state index contributed by atoms with van der Waals surface area (Å²) in [6.07, 6.45) is 0.173. The average molecular weight is 410 g/mol. The fraction of sp³-hybridized carbons (Fsp3) is 0.348. The number of hydrogen-bond donors (Lipinski definition) is 1. The van der Waals surface area contributed by atoms with Crippen LogP contribution in [-0.2, 0) is 14.3 Å². The van der Waals surface area contributed by atoms with Gasteiger partial charge in [0, 0.05) is 18.7 Å². The molecule has 2 amide bonds. The first kappa shape index (κ1) is 21.4. The first-order valence-corrected chi connectivity index (χ1v) is 10.0. The number of nitrogens with one attached hydrogen (secondary N) is 1. The Kier molecular flexibility index (Phi) is 6.72. The molecule has 158 valence electrons. The standard InChI is InChI=1S/C23H26N2O5/c1-4-29-23(28)19-7-5-6-8-20(19)24-22(27)16-13-21(26)25(14-16)17-9-11-18(12-10-17)30-15(2)3/h5-12,15-16H,4,13-14H2,1-3H3,(H,24,27)/t16-/m0/s1. The van der Waals surface area contributed by atoms with E-state index in [0.29, 0.717) is 5.69 Å². The highest BCUT2D eigenvalue weighted by atomic mass is 16.5. The zero-order chi connectivity index (χ0) is 21.7. The molecule has 3 rings (SSSR count). The molecule has 7 heteroatoms. The van der Waals surface area contributed by atoms with Crippen LogP contribution in [0.2, 0.25) is 0 Å². The van der Waals surface area contributed by atoms with Crippen LogP contribution in [0, 0.1) is 5.92 Å². The van der Waals surface area contributed by atoms with E-state index in [2.05, 4.69) is 5.32 Å². The predicted octanol–water partition coefficient (Wildman–Crippen LogP) is 3.64. The van der Waals surface area contributed by atoms with E-state index in [1.165, 1.54) is 0 Å². The average Bonchev–Trinajstić information content (AvgIpc) is 3.10. The molecule has 0 aliphatic carbocycles. The van der Waals surface area contributed by atoms with Gasteiger partial charge in [0.15, 0.2) is 0 Å². The summed E-state index contributed by atoms with van der Waals surface area (Å²) >= 11 is 0. The Morgan fingerprint density at radius 3 is 2.50 bits per heavy atom. The molecule has 7 nitrogen and oxygen atoms in total. The van der Waals surface area contributed by atoms with Gasteiger partial charge >= 0.3 is 5.97 Å². The molecule has 2 aromatic rings. The quantitative estimate of drug-likeness (QED) is 0.705. The van der Waals surface area contributed by atoms with Gasteiger partial charge in [-0.15, -0.1) is 0 Å². The molecule has 1 aliphatic rings. The third kappa shape index (κ3) is 4.97. The van der Waals surface area contributed by atoms with Crippen molar-refractivity contribution in [2.24, 2.45) is 5.92 Å². The second-order valence-electron chi connectivity index (χ2n) is 7.32. The molecule has 0 saturated carbocycles. The van der Waals surface area contributed by atoms with Gasteiger partial charge in [-0.2, -0.15) is 0 Å². The lowest BCUT2D eigenvalue weighted by Gasteiger charge is -2.18. The van der Waals surface area contributed by atoms with Crippen molar-refractivity contribution in [3.8, 4) is 5.75 Å². The van der Waals surface area contributed by atoms with Crippen LogP contribution in [0.15, 0.2) is 48.5 Å². The van der Waals surface area contributed by atoms with E-state index in [-0.39, 0.29) is 43.1 Å². The predicted molar refractivity (Wildman–Crippen MR) is 114 cm³/mol. The number of carbonyl (C=O) groups is 3. The summed E-state index contributed by atoms with van der Waals surface area (Å²) in [5.74, 6) is -0.709. The van der Waals surface area contributed by atoms with Crippen molar-refractivity contribution in [2.45, 2.75) is 33.3 Å². The van der Waals surface area contributed by atoms with E-state index in [1.54, 1.807) is 36.1 Å². The minimum atomic E-state index is -0.514. The molecule has 30 heavy (non-hydrogen) atoms. The van der Waals surface area contributed by atoms with E-state index in [1.807, 2.05) is 38.1 Å². The van der Waals surface area contributed by atoms with E-state index in [0.717, 1.165) is 11.4 Å². The van der Waals surface area contributed by atoms with Crippen LogP contribution in [0.1, 0.15) is 37.6 Å². The van der Waals surface area contributed by atoms with Gasteiger partial charge in [-0.05, 0) is 57.2 Å². The van der Waals surface area contributed by atoms with Gasteiger partial charge in [0.2, 0.25) is 11.8 Å². The lowest BCUT2D eigenvalue weighted by atomic mass is 10.1. The molecule has 1 N–H and O–H groups in total. The van der Waals surface area contributed by atoms with Crippen molar-refractivity contribution in [2.75, 3.05) is 23.4 Å². The van der Waals surface area contributed by atoms with Crippen LogP contribution >= 0.6 is 0 Å². The molecule has 1 fully saturated rings. The van der Waals surface area contributed by atoms with Crippen molar-refractivity contribution in [3.05, 3.63) is 54.1 Å². The van der Waals surface area contributed by atoms with Crippen molar-refractivity contribution in [1.29, 1.82) is 0 Å². The lowest BCUT2D eigenvalue weighted by molar-refractivity contribution is -0.122. The third-order valence-corrected chi connectivity index (χ3v) is 4.70. The maximum atomic E-state index is 12.8. The zero-order valence-electron chi connectivity index (χ0n) is 17.4.